The molecule has 3 nitrogen and oxygen atoms in total. The molecule has 1 aromatic rings. The summed E-state index contributed by atoms with van der Waals surface area (Å²) in [6.07, 6.45) is 0. The number of Topliss-reactive ketones (excluding diaryl/α,β-unsaturated/α-hetero) is 1. The van der Waals surface area contributed by atoms with Gasteiger partial charge in [0.2, 0.25) is 0 Å². The molecule has 0 aliphatic carbocycles. The van der Waals surface area contributed by atoms with Gasteiger partial charge in [-0.25, -0.2) is 4.79 Å². The van der Waals surface area contributed by atoms with E-state index < -0.39 is 5.38 Å². The number of halogens is 1. The summed E-state index contributed by atoms with van der Waals surface area (Å²) in [4.78, 5) is 22.8. The third kappa shape index (κ3) is 3.30. The lowest BCUT2D eigenvalue weighted by Gasteiger charge is -2.10. The number of carbonyl (C=O) groups is 2. The molecule has 92 valence electrons. The number of hydrogen-bond donors (Lipinski definition) is 0. The largest absolute Gasteiger partial charge is 0.462 e. The molecule has 0 radical (unpaired) electrons. The Kier molecular flexibility index (Phi) is 4.70. The average Bonchev–Trinajstić information content (AvgIpc) is 2.28. The SMILES string of the molecule is CCOC(=O)c1cc(C(Cl)C(C)=O)ccc1C. The summed E-state index contributed by atoms with van der Waals surface area (Å²) in [5, 5.41) is -0.719. The van der Waals surface area contributed by atoms with Crippen molar-refractivity contribution in [2.24, 2.45) is 0 Å². The molecule has 0 spiro atoms. The number of aryl methyl sites for hydroxylation is 1. The Morgan fingerprint density at radius 1 is 1.41 bits per heavy atom. The van der Waals surface area contributed by atoms with Crippen molar-refractivity contribution in [2.75, 3.05) is 6.61 Å². The van der Waals surface area contributed by atoms with E-state index in [0.29, 0.717) is 17.7 Å². The molecule has 0 aromatic heterocycles. The zero-order valence-corrected chi connectivity index (χ0v) is 10.9. The van der Waals surface area contributed by atoms with E-state index in [9.17, 15) is 9.59 Å². The Labute approximate surface area is 106 Å². The van der Waals surface area contributed by atoms with Gasteiger partial charge in [0.05, 0.1) is 12.2 Å². The van der Waals surface area contributed by atoms with Gasteiger partial charge < -0.3 is 4.74 Å². The normalized spacial score (nSPS) is 12.0. The quantitative estimate of drug-likeness (QED) is 0.613. The van der Waals surface area contributed by atoms with Crippen LogP contribution in [0, 0.1) is 6.92 Å². The van der Waals surface area contributed by atoms with Gasteiger partial charge in [-0.2, -0.15) is 0 Å². The van der Waals surface area contributed by atoms with Crippen LogP contribution in [0.25, 0.3) is 0 Å². The molecule has 0 saturated heterocycles. The number of carbonyl (C=O) groups excluding carboxylic acids is 2. The van der Waals surface area contributed by atoms with Crippen molar-refractivity contribution in [1.82, 2.24) is 0 Å². The molecule has 0 aliphatic rings. The van der Waals surface area contributed by atoms with Crippen LogP contribution in [0.1, 0.15) is 40.7 Å². The zero-order valence-electron chi connectivity index (χ0n) is 10.1. The van der Waals surface area contributed by atoms with E-state index in [1.165, 1.54) is 6.92 Å². The summed E-state index contributed by atoms with van der Waals surface area (Å²) in [6, 6.07) is 5.13. The lowest BCUT2D eigenvalue weighted by molar-refractivity contribution is -0.116. The minimum absolute atomic E-state index is 0.148. The minimum Gasteiger partial charge on any atom is -0.462 e. The summed E-state index contributed by atoms with van der Waals surface area (Å²) >= 11 is 5.95. The third-order valence-electron chi connectivity index (χ3n) is 2.41. The van der Waals surface area contributed by atoms with Gasteiger partial charge >= 0.3 is 5.97 Å². The van der Waals surface area contributed by atoms with Gasteiger partial charge in [-0.3, -0.25) is 4.79 Å². The highest BCUT2D eigenvalue weighted by Gasteiger charge is 2.17. The van der Waals surface area contributed by atoms with Crippen LogP contribution in [-0.2, 0) is 9.53 Å². The van der Waals surface area contributed by atoms with Gasteiger partial charge in [-0.05, 0) is 38.0 Å². The van der Waals surface area contributed by atoms with E-state index in [-0.39, 0.29) is 11.8 Å². The molecule has 4 heteroatoms. The first-order chi connectivity index (χ1) is 7.97. The van der Waals surface area contributed by atoms with Crippen LogP contribution in [0.4, 0.5) is 0 Å². The molecule has 1 unspecified atom stereocenters. The van der Waals surface area contributed by atoms with Crippen LogP contribution < -0.4 is 0 Å². The second-order valence-corrected chi connectivity index (χ2v) is 4.20. The van der Waals surface area contributed by atoms with Crippen molar-refractivity contribution in [3.8, 4) is 0 Å². The van der Waals surface area contributed by atoms with Crippen molar-refractivity contribution >= 4 is 23.4 Å². The topological polar surface area (TPSA) is 43.4 Å². The lowest BCUT2D eigenvalue weighted by Crippen LogP contribution is -2.09. The molecule has 0 fully saturated rings. The van der Waals surface area contributed by atoms with Gasteiger partial charge in [0.25, 0.3) is 0 Å². The van der Waals surface area contributed by atoms with Crippen LogP contribution in [0.15, 0.2) is 18.2 Å². The number of esters is 1. The first-order valence-electron chi connectivity index (χ1n) is 5.39. The van der Waals surface area contributed by atoms with Gasteiger partial charge in [0, 0.05) is 0 Å². The molecule has 0 aliphatic heterocycles. The first kappa shape index (κ1) is 13.7. The number of ether oxygens (including phenoxy) is 1. The Morgan fingerprint density at radius 3 is 2.59 bits per heavy atom. The number of rotatable bonds is 4. The van der Waals surface area contributed by atoms with Crippen molar-refractivity contribution in [3.05, 3.63) is 34.9 Å². The van der Waals surface area contributed by atoms with E-state index in [1.54, 1.807) is 25.1 Å². The van der Waals surface area contributed by atoms with Crippen LogP contribution in [0.5, 0.6) is 0 Å². The standard InChI is InChI=1S/C13H15ClO3/c1-4-17-13(16)11-7-10(6-5-8(11)2)12(14)9(3)15/h5-7,12H,4H2,1-3H3. The third-order valence-corrected chi connectivity index (χ3v) is 2.97. The summed E-state index contributed by atoms with van der Waals surface area (Å²) in [6.45, 7) is 5.30. The minimum atomic E-state index is -0.719. The summed E-state index contributed by atoms with van der Waals surface area (Å²) in [5.41, 5.74) is 1.88. The van der Waals surface area contributed by atoms with Crippen LogP contribution >= 0.6 is 11.6 Å². The lowest BCUT2D eigenvalue weighted by atomic mass is 10.0. The van der Waals surface area contributed by atoms with Crippen molar-refractivity contribution in [3.63, 3.8) is 0 Å². The maximum absolute atomic E-state index is 11.7. The summed E-state index contributed by atoms with van der Waals surface area (Å²) in [5.74, 6) is -0.537. The van der Waals surface area contributed by atoms with E-state index in [0.717, 1.165) is 5.56 Å². The average molecular weight is 255 g/mol. The van der Waals surface area contributed by atoms with Gasteiger partial charge in [0.15, 0.2) is 5.78 Å². The highest BCUT2D eigenvalue weighted by Crippen LogP contribution is 2.24. The Bertz CT molecular complexity index is 440. The molecule has 1 rings (SSSR count). The van der Waals surface area contributed by atoms with E-state index in [1.807, 2.05) is 6.92 Å². The number of hydrogen-bond acceptors (Lipinski definition) is 3. The van der Waals surface area contributed by atoms with Gasteiger partial charge in [0.1, 0.15) is 5.38 Å². The Balaban J connectivity index is 3.10. The fourth-order valence-corrected chi connectivity index (χ4v) is 1.60. The van der Waals surface area contributed by atoms with E-state index >= 15 is 0 Å². The van der Waals surface area contributed by atoms with Gasteiger partial charge in [-0.15, -0.1) is 11.6 Å². The predicted molar refractivity (Wildman–Crippen MR) is 66.4 cm³/mol. The fraction of sp³-hybridized carbons (Fsp3) is 0.385. The maximum atomic E-state index is 11.7. The highest BCUT2D eigenvalue weighted by atomic mass is 35.5. The maximum Gasteiger partial charge on any atom is 0.338 e. The van der Waals surface area contributed by atoms with Gasteiger partial charge in [-0.1, -0.05) is 12.1 Å². The molecule has 1 atom stereocenters. The Morgan fingerprint density at radius 2 is 2.06 bits per heavy atom. The molecular formula is C13H15ClO3. The molecule has 17 heavy (non-hydrogen) atoms. The molecule has 0 saturated carbocycles. The van der Waals surface area contributed by atoms with Crippen molar-refractivity contribution < 1.29 is 14.3 Å². The number of ketones is 1. The van der Waals surface area contributed by atoms with Crippen LogP contribution in [-0.4, -0.2) is 18.4 Å². The first-order valence-corrected chi connectivity index (χ1v) is 5.83. The van der Waals surface area contributed by atoms with Crippen molar-refractivity contribution in [1.29, 1.82) is 0 Å². The van der Waals surface area contributed by atoms with Crippen LogP contribution in [0.2, 0.25) is 0 Å². The van der Waals surface area contributed by atoms with Crippen LogP contribution in [0.3, 0.4) is 0 Å². The molecule has 0 N–H and O–H groups in total. The fourth-order valence-electron chi connectivity index (χ4n) is 1.46. The Hall–Kier alpha value is -1.35. The van der Waals surface area contributed by atoms with E-state index in [4.69, 9.17) is 16.3 Å². The summed E-state index contributed by atoms with van der Waals surface area (Å²) < 4.78 is 4.94. The molecular weight excluding hydrogens is 240 g/mol. The highest BCUT2D eigenvalue weighted by molar-refractivity contribution is 6.30. The summed E-state index contributed by atoms with van der Waals surface area (Å²) in [7, 11) is 0. The predicted octanol–water partition coefficient (Wildman–Crippen LogP) is 3.04. The molecule has 0 heterocycles. The van der Waals surface area contributed by atoms with Crippen molar-refractivity contribution in [2.45, 2.75) is 26.1 Å². The van der Waals surface area contributed by atoms with E-state index in [2.05, 4.69) is 0 Å². The molecule has 0 bridgehead atoms. The smallest absolute Gasteiger partial charge is 0.338 e. The second-order valence-electron chi connectivity index (χ2n) is 3.77. The second kappa shape index (κ2) is 5.82. The monoisotopic (exact) mass is 254 g/mol. The zero-order chi connectivity index (χ0) is 13.0. The number of alkyl halides is 1. The molecule has 1 aromatic carbocycles. The molecule has 0 amide bonds. The number of benzene rings is 1.